The molecule has 1 saturated carbocycles. The third kappa shape index (κ3) is 2.27. The largest absolute Gasteiger partial charge is 0.376 e. The van der Waals surface area contributed by atoms with Gasteiger partial charge in [-0.05, 0) is 32.4 Å². The highest BCUT2D eigenvalue weighted by molar-refractivity contribution is 5.76. The van der Waals surface area contributed by atoms with Crippen LogP contribution in [0.25, 0.3) is 0 Å². The van der Waals surface area contributed by atoms with Crippen molar-refractivity contribution in [3.05, 3.63) is 0 Å². The predicted octanol–water partition coefficient (Wildman–Crippen LogP) is -0.297. The second kappa shape index (κ2) is 5.15. The lowest BCUT2D eigenvalue weighted by atomic mass is 9.72. The molecule has 5 heteroatoms. The summed E-state index contributed by atoms with van der Waals surface area (Å²) in [5, 5.41) is 3.05. The van der Waals surface area contributed by atoms with E-state index in [9.17, 15) is 4.79 Å². The van der Waals surface area contributed by atoms with Crippen molar-refractivity contribution < 1.29 is 9.53 Å². The molecule has 18 heavy (non-hydrogen) atoms. The molecule has 2 saturated heterocycles. The van der Waals surface area contributed by atoms with Gasteiger partial charge in [0.2, 0.25) is 5.91 Å². The van der Waals surface area contributed by atoms with Crippen LogP contribution in [0.3, 0.4) is 0 Å². The molecule has 3 aliphatic rings. The number of hydrogen-bond donors (Lipinski definition) is 2. The summed E-state index contributed by atoms with van der Waals surface area (Å²) in [5.74, 6) is 0.588. The molecule has 3 rings (SSSR count). The second-order valence-electron chi connectivity index (χ2n) is 5.76. The fourth-order valence-electron chi connectivity index (χ4n) is 3.45. The van der Waals surface area contributed by atoms with Gasteiger partial charge in [-0.1, -0.05) is 0 Å². The topological polar surface area (TPSA) is 67.6 Å². The highest BCUT2D eigenvalue weighted by Gasteiger charge is 2.52. The van der Waals surface area contributed by atoms with Gasteiger partial charge in [-0.25, -0.2) is 0 Å². The van der Waals surface area contributed by atoms with E-state index in [1.54, 1.807) is 0 Å². The zero-order valence-electron chi connectivity index (χ0n) is 10.8. The van der Waals surface area contributed by atoms with Crippen LogP contribution in [0, 0.1) is 5.92 Å². The lowest BCUT2D eigenvalue weighted by molar-refractivity contribution is -0.125. The molecular weight excluding hydrogens is 230 g/mol. The van der Waals surface area contributed by atoms with Gasteiger partial charge in [0.15, 0.2) is 0 Å². The highest BCUT2D eigenvalue weighted by Crippen LogP contribution is 2.37. The van der Waals surface area contributed by atoms with E-state index < -0.39 is 0 Å². The summed E-state index contributed by atoms with van der Waals surface area (Å²) >= 11 is 0. The summed E-state index contributed by atoms with van der Waals surface area (Å²) in [6, 6.07) is 0.136. The van der Waals surface area contributed by atoms with Crippen LogP contribution in [0.5, 0.6) is 0 Å². The summed E-state index contributed by atoms with van der Waals surface area (Å²) in [7, 11) is 0. The van der Waals surface area contributed by atoms with Crippen LogP contribution < -0.4 is 11.1 Å². The van der Waals surface area contributed by atoms with Gasteiger partial charge in [-0.2, -0.15) is 0 Å². The molecule has 0 bridgehead atoms. The van der Waals surface area contributed by atoms with Crippen molar-refractivity contribution in [2.45, 2.75) is 43.9 Å². The Labute approximate surface area is 108 Å². The maximum Gasteiger partial charge on any atom is 0.221 e. The first-order chi connectivity index (χ1) is 8.75. The van der Waals surface area contributed by atoms with Gasteiger partial charge in [0.25, 0.3) is 0 Å². The van der Waals surface area contributed by atoms with Crippen LogP contribution >= 0.6 is 0 Å². The molecule has 1 amide bonds. The fourth-order valence-corrected chi connectivity index (χ4v) is 3.45. The molecule has 0 aromatic rings. The zero-order valence-corrected chi connectivity index (χ0v) is 10.8. The fraction of sp³-hybridized carbons (Fsp3) is 0.923. The number of carbonyl (C=O) groups excluding carboxylic acids is 1. The Kier molecular flexibility index (Phi) is 3.54. The summed E-state index contributed by atoms with van der Waals surface area (Å²) in [6.45, 7) is 3.96. The van der Waals surface area contributed by atoms with Gasteiger partial charge >= 0.3 is 0 Å². The summed E-state index contributed by atoms with van der Waals surface area (Å²) < 4.78 is 5.61. The number of amides is 1. The van der Waals surface area contributed by atoms with E-state index in [0.717, 1.165) is 32.7 Å². The van der Waals surface area contributed by atoms with E-state index in [4.69, 9.17) is 10.5 Å². The minimum Gasteiger partial charge on any atom is -0.376 e. The molecular formula is C13H23N3O2. The van der Waals surface area contributed by atoms with E-state index in [1.807, 2.05) is 0 Å². The Morgan fingerprint density at radius 1 is 1.39 bits per heavy atom. The summed E-state index contributed by atoms with van der Waals surface area (Å²) in [6.07, 6.45) is 4.35. The number of nitrogens with two attached hydrogens (primary N) is 1. The number of rotatable bonds is 4. The highest BCUT2D eigenvalue weighted by atomic mass is 16.5. The maximum atomic E-state index is 11.9. The first-order valence-corrected chi connectivity index (χ1v) is 7.14. The van der Waals surface area contributed by atoms with Crippen LogP contribution in [0.2, 0.25) is 0 Å². The second-order valence-corrected chi connectivity index (χ2v) is 5.76. The Bertz CT molecular complexity index is 317. The molecule has 102 valence electrons. The average Bonchev–Trinajstić information content (AvgIpc) is 3.02. The minimum absolute atomic E-state index is 0.0450. The quantitative estimate of drug-likeness (QED) is 0.722. The van der Waals surface area contributed by atoms with E-state index >= 15 is 0 Å². The van der Waals surface area contributed by atoms with Gasteiger partial charge in [0, 0.05) is 31.5 Å². The first-order valence-electron chi connectivity index (χ1n) is 7.14. The van der Waals surface area contributed by atoms with E-state index in [-0.39, 0.29) is 24.1 Å². The van der Waals surface area contributed by atoms with E-state index in [0.29, 0.717) is 12.3 Å². The van der Waals surface area contributed by atoms with Crippen LogP contribution in [0.1, 0.15) is 25.7 Å². The molecule has 4 atom stereocenters. The third-order valence-corrected chi connectivity index (χ3v) is 4.63. The van der Waals surface area contributed by atoms with Gasteiger partial charge in [-0.15, -0.1) is 0 Å². The average molecular weight is 253 g/mol. The van der Waals surface area contributed by atoms with E-state index in [2.05, 4.69) is 10.2 Å². The van der Waals surface area contributed by atoms with Crippen molar-refractivity contribution >= 4 is 5.91 Å². The van der Waals surface area contributed by atoms with Crippen molar-refractivity contribution in [1.82, 2.24) is 10.2 Å². The van der Waals surface area contributed by atoms with Gasteiger partial charge in [-0.3, -0.25) is 4.79 Å². The Hall–Kier alpha value is -0.650. The summed E-state index contributed by atoms with van der Waals surface area (Å²) in [5.41, 5.74) is 6.07. The number of nitrogens with zero attached hydrogens (tertiary/aromatic N) is 1. The van der Waals surface area contributed by atoms with Crippen molar-refractivity contribution in [3.63, 3.8) is 0 Å². The maximum absolute atomic E-state index is 11.9. The monoisotopic (exact) mass is 253 g/mol. The van der Waals surface area contributed by atoms with E-state index in [1.165, 1.54) is 12.8 Å². The zero-order chi connectivity index (χ0) is 12.5. The molecule has 3 fully saturated rings. The summed E-state index contributed by atoms with van der Waals surface area (Å²) in [4.78, 5) is 14.2. The molecule has 4 unspecified atom stereocenters. The van der Waals surface area contributed by atoms with Crippen LogP contribution in [-0.2, 0) is 9.53 Å². The molecule has 0 radical (unpaired) electrons. The van der Waals surface area contributed by atoms with Crippen molar-refractivity contribution in [1.29, 1.82) is 0 Å². The van der Waals surface area contributed by atoms with Crippen molar-refractivity contribution in [2.24, 2.45) is 11.7 Å². The lowest BCUT2D eigenvalue weighted by Crippen LogP contribution is -2.69. The Morgan fingerprint density at radius 3 is 2.94 bits per heavy atom. The molecule has 0 spiro atoms. The first kappa shape index (κ1) is 12.4. The molecule has 0 aromatic carbocycles. The number of nitrogens with one attached hydrogen (secondary N) is 1. The number of fused-ring (bicyclic) bond motifs is 1. The SMILES string of the molecule is NC1C2CCOC2C1NC(=O)CCN1CCCC1. The molecule has 2 aliphatic heterocycles. The molecule has 2 heterocycles. The molecule has 0 aromatic heterocycles. The van der Waals surface area contributed by atoms with Crippen molar-refractivity contribution in [2.75, 3.05) is 26.2 Å². The predicted molar refractivity (Wildman–Crippen MR) is 68.0 cm³/mol. The number of ether oxygens (including phenoxy) is 1. The third-order valence-electron chi connectivity index (χ3n) is 4.63. The Morgan fingerprint density at radius 2 is 2.17 bits per heavy atom. The molecule has 3 N–H and O–H groups in total. The van der Waals surface area contributed by atoms with Gasteiger partial charge in [0.05, 0.1) is 12.1 Å². The van der Waals surface area contributed by atoms with Crippen molar-refractivity contribution in [3.8, 4) is 0 Å². The number of hydrogen-bond acceptors (Lipinski definition) is 4. The molecule has 5 nitrogen and oxygen atoms in total. The smallest absolute Gasteiger partial charge is 0.221 e. The number of carbonyl (C=O) groups is 1. The Balaban J connectivity index is 1.41. The van der Waals surface area contributed by atoms with Crippen LogP contribution in [0.4, 0.5) is 0 Å². The number of likely N-dealkylation sites (tertiary alicyclic amines) is 1. The van der Waals surface area contributed by atoms with Crippen LogP contribution in [0.15, 0.2) is 0 Å². The van der Waals surface area contributed by atoms with Gasteiger partial charge in [0.1, 0.15) is 0 Å². The lowest BCUT2D eigenvalue weighted by Gasteiger charge is -2.45. The van der Waals surface area contributed by atoms with Crippen LogP contribution in [-0.4, -0.2) is 55.2 Å². The molecule has 1 aliphatic carbocycles. The normalized spacial score (nSPS) is 39.4. The standard InChI is InChI=1S/C13H23N3O2/c14-11-9-4-8-18-13(9)12(11)15-10(17)3-7-16-5-1-2-6-16/h9,11-13H,1-8,14H2,(H,15,17). The van der Waals surface area contributed by atoms with Gasteiger partial charge < -0.3 is 20.7 Å². The minimum atomic E-state index is 0.0450.